The van der Waals surface area contributed by atoms with Gasteiger partial charge in [-0.25, -0.2) is 4.98 Å². The van der Waals surface area contributed by atoms with Crippen LogP contribution < -0.4 is 0 Å². The van der Waals surface area contributed by atoms with Gasteiger partial charge in [-0.15, -0.1) is 0 Å². The Morgan fingerprint density at radius 3 is 2.55 bits per heavy atom. The predicted molar refractivity (Wildman–Crippen MR) is 78.2 cm³/mol. The molecule has 2 fully saturated rings. The number of ether oxygens (including phenoxy) is 1. The Morgan fingerprint density at radius 2 is 1.91 bits per heavy atom. The summed E-state index contributed by atoms with van der Waals surface area (Å²) in [4.78, 5) is 36.4. The molecule has 0 bridgehead atoms. The Morgan fingerprint density at radius 1 is 1.18 bits per heavy atom. The van der Waals surface area contributed by atoms with Crippen LogP contribution in [0.2, 0.25) is 0 Å². The fourth-order valence-corrected chi connectivity index (χ4v) is 2.83. The molecular formula is C15H20N4O3. The third-order valence-electron chi connectivity index (χ3n) is 4.06. The van der Waals surface area contributed by atoms with Crippen molar-refractivity contribution in [2.24, 2.45) is 0 Å². The summed E-state index contributed by atoms with van der Waals surface area (Å²) >= 11 is 0. The van der Waals surface area contributed by atoms with E-state index in [-0.39, 0.29) is 17.9 Å². The summed E-state index contributed by atoms with van der Waals surface area (Å²) in [6.45, 7) is 4.61. The second kappa shape index (κ2) is 6.39. The molecule has 2 saturated heterocycles. The van der Waals surface area contributed by atoms with Crippen LogP contribution in [0.5, 0.6) is 0 Å². The second-order valence-corrected chi connectivity index (χ2v) is 5.66. The third kappa shape index (κ3) is 3.09. The van der Waals surface area contributed by atoms with Crippen molar-refractivity contribution in [2.45, 2.75) is 25.9 Å². The molecular weight excluding hydrogens is 284 g/mol. The van der Waals surface area contributed by atoms with Crippen molar-refractivity contribution in [1.82, 2.24) is 19.8 Å². The van der Waals surface area contributed by atoms with Crippen molar-refractivity contribution < 1.29 is 14.3 Å². The fraction of sp³-hybridized carbons (Fsp3) is 0.600. The number of aryl methyl sites for hydroxylation is 1. The van der Waals surface area contributed by atoms with E-state index in [1.807, 2.05) is 6.92 Å². The Balaban J connectivity index is 1.57. The zero-order valence-electron chi connectivity index (χ0n) is 12.7. The van der Waals surface area contributed by atoms with E-state index in [9.17, 15) is 9.59 Å². The maximum atomic E-state index is 12.4. The molecule has 2 amide bonds. The van der Waals surface area contributed by atoms with Gasteiger partial charge in [0.25, 0.3) is 11.8 Å². The average Bonchev–Trinajstić information content (AvgIpc) is 3.08. The van der Waals surface area contributed by atoms with Crippen LogP contribution in [0.25, 0.3) is 0 Å². The number of aromatic nitrogens is 2. The van der Waals surface area contributed by atoms with Gasteiger partial charge in [0.2, 0.25) is 0 Å². The van der Waals surface area contributed by atoms with Crippen molar-refractivity contribution in [2.75, 3.05) is 32.8 Å². The van der Waals surface area contributed by atoms with Crippen LogP contribution in [-0.4, -0.2) is 70.5 Å². The molecule has 3 rings (SSSR count). The molecule has 0 saturated carbocycles. The van der Waals surface area contributed by atoms with E-state index in [1.165, 1.54) is 6.20 Å². The number of hydrogen-bond donors (Lipinski definition) is 0. The van der Waals surface area contributed by atoms with Gasteiger partial charge in [0.05, 0.1) is 11.9 Å². The number of carbonyl (C=O) groups is 2. The SMILES string of the molecule is Cc1cncc(C(=O)N2CCN(C(=O)C3CCCO3)CC2)n1. The topological polar surface area (TPSA) is 75.6 Å². The van der Waals surface area contributed by atoms with Crippen LogP contribution in [0.1, 0.15) is 29.0 Å². The van der Waals surface area contributed by atoms with Gasteiger partial charge in [-0.3, -0.25) is 14.6 Å². The first-order valence-corrected chi connectivity index (χ1v) is 7.63. The maximum Gasteiger partial charge on any atom is 0.274 e. The number of amides is 2. The zero-order chi connectivity index (χ0) is 15.5. The number of rotatable bonds is 2. The van der Waals surface area contributed by atoms with E-state index in [1.54, 1.807) is 16.0 Å². The van der Waals surface area contributed by atoms with Crippen LogP contribution in [0.15, 0.2) is 12.4 Å². The molecule has 2 aliphatic heterocycles. The molecule has 3 heterocycles. The molecule has 7 nitrogen and oxygen atoms in total. The monoisotopic (exact) mass is 304 g/mol. The minimum absolute atomic E-state index is 0.0555. The fourth-order valence-electron chi connectivity index (χ4n) is 2.83. The van der Waals surface area contributed by atoms with Gasteiger partial charge in [-0.2, -0.15) is 0 Å². The molecule has 7 heteroatoms. The van der Waals surface area contributed by atoms with Gasteiger partial charge in [0.15, 0.2) is 0 Å². The molecule has 2 aliphatic rings. The normalized spacial score (nSPS) is 22.0. The third-order valence-corrected chi connectivity index (χ3v) is 4.06. The largest absolute Gasteiger partial charge is 0.368 e. The molecule has 118 valence electrons. The van der Waals surface area contributed by atoms with Gasteiger partial charge in [-0.05, 0) is 19.8 Å². The smallest absolute Gasteiger partial charge is 0.274 e. The van der Waals surface area contributed by atoms with Crippen LogP contribution >= 0.6 is 0 Å². The number of piperazine rings is 1. The first-order chi connectivity index (χ1) is 10.6. The average molecular weight is 304 g/mol. The summed E-state index contributed by atoms with van der Waals surface area (Å²) in [6, 6.07) is 0. The quantitative estimate of drug-likeness (QED) is 0.783. The van der Waals surface area contributed by atoms with Crippen molar-refractivity contribution in [3.63, 3.8) is 0 Å². The van der Waals surface area contributed by atoms with Crippen LogP contribution in [-0.2, 0) is 9.53 Å². The van der Waals surface area contributed by atoms with Crippen molar-refractivity contribution in [3.05, 3.63) is 23.8 Å². The molecule has 0 aliphatic carbocycles. The van der Waals surface area contributed by atoms with E-state index < -0.39 is 0 Å². The van der Waals surface area contributed by atoms with Gasteiger partial charge in [0, 0.05) is 39.0 Å². The van der Waals surface area contributed by atoms with E-state index in [4.69, 9.17) is 4.74 Å². The van der Waals surface area contributed by atoms with Crippen LogP contribution in [0.4, 0.5) is 0 Å². The van der Waals surface area contributed by atoms with Crippen LogP contribution in [0.3, 0.4) is 0 Å². The lowest BCUT2D eigenvalue weighted by molar-refractivity contribution is -0.142. The highest BCUT2D eigenvalue weighted by molar-refractivity contribution is 5.92. The lowest BCUT2D eigenvalue weighted by Gasteiger charge is -2.35. The second-order valence-electron chi connectivity index (χ2n) is 5.66. The molecule has 1 aromatic rings. The molecule has 0 N–H and O–H groups in total. The Labute approximate surface area is 129 Å². The van der Waals surface area contributed by atoms with Gasteiger partial charge >= 0.3 is 0 Å². The highest BCUT2D eigenvalue weighted by Gasteiger charge is 2.31. The van der Waals surface area contributed by atoms with Crippen molar-refractivity contribution in [1.29, 1.82) is 0 Å². The van der Waals surface area contributed by atoms with Gasteiger partial charge in [0.1, 0.15) is 11.8 Å². The number of nitrogens with zero attached hydrogens (tertiary/aromatic N) is 4. The van der Waals surface area contributed by atoms with E-state index in [2.05, 4.69) is 9.97 Å². The Kier molecular flexibility index (Phi) is 4.33. The summed E-state index contributed by atoms with van der Waals surface area (Å²) in [5.74, 6) is -0.0691. The molecule has 22 heavy (non-hydrogen) atoms. The molecule has 0 spiro atoms. The highest BCUT2D eigenvalue weighted by atomic mass is 16.5. The molecule has 1 unspecified atom stereocenters. The summed E-state index contributed by atoms with van der Waals surface area (Å²) in [6.07, 6.45) is 4.57. The summed E-state index contributed by atoms with van der Waals surface area (Å²) < 4.78 is 5.43. The minimum atomic E-state index is -0.287. The number of carbonyl (C=O) groups excluding carboxylic acids is 2. The minimum Gasteiger partial charge on any atom is -0.368 e. The zero-order valence-corrected chi connectivity index (χ0v) is 12.7. The molecule has 0 aromatic carbocycles. The van der Waals surface area contributed by atoms with Crippen LogP contribution in [0, 0.1) is 6.92 Å². The van der Waals surface area contributed by atoms with Crippen molar-refractivity contribution >= 4 is 11.8 Å². The standard InChI is InChI=1S/C15H20N4O3/c1-11-9-16-10-12(17-11)14(20)18-4-6-19(7-5-18)15(21)13-3-2-8-22-13/h9-10,13H,2-8H2,1H3. The van der Waals surface area contributed by atoms with Crippen molar-refractivity contribution in [3.8, 4) is 0 Å². The summed E-state index contributed by atoms with van der Waals surface area (Å²) in [5.41, 5.74) is 1.08. The predicted octanol–water partition coefficient (Wildman–Crippen LogP) is 0.248. The number of hydrogen-bond acceptors (Lipinski definition) is 5. The first kappa shape index (κ1) is 14.9. The summed E-state index contributed by atoms with van der Waals surface area (Å²) in [7, 11) is 0. The molecule has 0 radical (unpaired) electrons. The Hall–Kier alpha value is -2.02. The Bertz CT molecular complexity index is 564. The summed E-state index contributed by atoms with van der Waals surface area (Å²) in [5, 5.41) is 0. The lowest BCUT2D eigenvalue weighted by Crippen LogP contribution is -2.53. The maximum absolute atomic E-state index is 12.4. The highest BCUT2D eigenvalue weighted by Crippen LogP contribution is 2.16. The van der Waals surface area contributed by atoms with Gasteiger partial charge in [-0.1, -0.05) is 0 Å². The first-order valence-electron chi connectivity index (χ1n) is 7.63. The molecule has 1 atom stereocenters. The lowest BCUT2D eigenvalue weighted by atomic mass is 10.2. The molecule has 1 aromatic heterocycles. The van der Waals surface area contributed by atoms with Gasteiger partial charge < -0.3 is 14.5 Å². The van der Waals surface area contributed by atoms with E-state index >= 15 is 0 Å². The van der Waals surface area contributed by atoms with E-state index in [0.29, 0.717) is 38.5 Å². The van der Waals surface area contributed by atoms with E-state index in [0.717, 1.165) is 18.5 Å².